The van der Waals surface area contributed by atoms with Crippen LogP contribution in [0.4, 0.5) is 0 Å². The van der Waals surface area contributed by atoms with E-state index >= 15 is 0 Å². The molecule has 4 heteroatoms. The minimum Gasteiger partial charge on any atom is -0.480 e. The summed E-state index contributed by atoms with van der Waals surface area (Å²) in [7, 11) is 0. The average molecular weight is 254 g/mol. The molecule has 92 valence electrons. The van der Waals surface area contributed by atoms with Crippen molar-refractivity contribution in [1.29, 1.82) is 0 Å². The first-order valence-electron chi connectivity index (χ1n) is 5.88. The van der Waals surface area contributed by atoms with Crippen LogP contribution in [0.3, 0.4) is 0 Å². The molecule has 1 aliphatic rings. The lowest BCUT2D eigenvalue weighted by Crippen LogP contribution is -2.37. The number of hydrogen-bond acceptors (Lipinski definition) is 2. The number of carbonyl (C=O) groups is 1. The maximum atomic E-state index is 11.0. The Balaban J connectivity index is 1.89. The zero-order valence-electron chi connectivity index (χ0n) is 9.60. The molecule has 3 nitrogen and oxygen atoms in total. The molecular weight excluding hydrogens is 238 g/mol. The minimum absolute atomic E-state index is 0.290. The van der Waals surface area contributed by atoms with E-state index in [0.29, 0.717) is 0 Å². The van der Waals surface area contributed by atoms with Gasteiger partial charge in [0.1, 0.15) is 6.04 Å². The lowest BCUT2D eigenvalue weighted by molar-refractivity contribution is -0.142. The number of halogens is 1. The van der Waals surface area contributed by atoms with Gasteiger partial charge in [0.15, 0.2) is 0 Å². The second kappa shape index (κ2) is 5.52. The van der Waals surface area contributed by atoms with Crippen LogP contribution in [0.25, 0.3) is 0 Å². The minimum atomic E-state index is -0.696. The molecule has 2 rings (SSSR count). The van der Waals surface area contributed by atoms with Gasteiger partial charge in [-0.3, -0.25) is 9.69 Å². The predicted octanol–water partition coefficient (Wildman–Crippen LogP) is 2.43. The molecule has 1 aromatic carbocycles. The first-order valence-corrected chi connectivity index (χ1v) is 6.26. The molecule has 1 atom stereocenters. The van der Waals surface area contributed by atoms with Gasteiger partial charge in [-0.25, -0.2) is 0 Å². The van der Waals surface area contributed by atoms with Gasteiger partial charge in [-0.1, -0.05) is 23.7 Å². The number of nitrogens with zero attached hydrogens (tertiary/aromatic N) is 1. The second-order valence-corrected chi connectivity index (χ2v) is 4.85. The van der Waals surface area contributed by atoms with Crippen LogP contribution >= 0.6 is 11.6 Å². The standard InChI is InChI=1S/C13H16ClNO2/c14-11-5-3-10(4-6-11)7-9-15-8-1-2-12(15)13(16)17/h3-6,12H,1-2,7-9H2,(H,16,17)/t12-/m0/s1. The molecule has 1 aliphatic heterocycles. The maximum absolute atomic E-state index is 11.0. The van der Waals surface area contributed by atoms with Crippen molar-refractivity contribution in [3.63, 3.8) is 0 Å². The molecule has 0 spiro atoms. The Morgan fingerprint density at radius 1 is 1.41 bits per heavy atom. The van der Waals surface area contributed by atoms with E-state index in [0.717, 1.165) is 37.4 Å². The highest BCUT2D eigenvalue weighted by Gasteiger charge is 2.29. The normalized spacial score (nSPS) is 20.6. The molecule has 17 heavy (non-hydrogen) atoms. The summed E-state index contributed by atoms with van der Waals surface area (Å²) < 4.78 is 0. The van der Waals surface area contributed by atoms with E-state index < -0.39 is 5.97 Å². The molecule has 1 saturated heterocycles. The Bertz CT molecular complexity index is 391. The molecule has 1 aromatic rings. The largest absolute Gasteiger partial charge is 0.480 e. The smallest absolute Gasteiger partial charge is 0.320 e. The number of rotatable bonds is 4. The first-order chi connectivity index (χ1) is 8.16. The van der Waals surface area contributed by atoms with Crippen LogP contribution in [0.1, 0.15) is 18.4 Å². The third-order valence-corrected chi connectivity index (χ3v) is 3.50. The Morgan fingerprint density at radius 2 is 2.12 bits per heavy atom. The number of carboxylic acids is 1. The Kier molecular flexibility index (Phi) is 4.02. The van der Waals surface area contributed by atoms with E-state index in [1.54, 1.807) is 0 Å². The van der Waals surface area contributed by atoms with Crippen molar-refractivity contribution >= 4 is 17.6 Å². The number of carboxylic acid groups (broad SMARTS) is 1. The van der Waals surface area contributed by atoms with Crippen LogP contribution in [0, 0.1) is 0 Å². The molecule has 0 aromatic heterocycles. The second-order valence-electron chi connectivity index (χ2n) is 4.41. The Hall–Kier alpha value is -1.06. The summed E-state index contributed by atoms with van der Waals surface area (Å²) in [4.78, 5) is 13.1. The summed E-state index contributed by atoms with van der Waals surface area (Å²) in [6, 6.07) is 7.44. The van der Waals surface area contributed by atoms with Crippen molar-refractivity contribution in [1.82, 2.24) is 4.90 Å². The zero-order valence-corrected chi connectivity index (χ0v) is 10.4. The number of likely N-dealkylation sites (tertiary alicyclic amines) is 1. The molecule has 0 unspecified atom stereocenters. The first kappa shape index (κ1) is 12.4. The van der Waals surface area contributed by atoms with Gasteiger partial charge in [0, 0.05) is 11.6 Å². The van der Waals surface area contributed by atoms with Crippen LogP contribution in [-0.4, -0.2) is 35.1 Å². The third kappa shape index (κ3) is 3.20. The van der Waals surface area contributed by atoms with Crippen molar-refractivity contribution in [2.24, 2.45) is 0 Å². The fraction of sp³-hybridized carbons (Fsp3) is 0.462. The van der Waals surface area contributed by atoms with E-state index in [9.17, 15) is 4.79 Å². The third-order valence-electron chi connectivity index (χ3n) is 3.25. The van der Waals surface area contributed by atoms with Crippen molar-refractivity contribution in [2.75, 3.05) is 13.1 Å². The summed E-state index contributed by atoms with van der Waals surface area (Å²) in [6.45, 7) is 1.70. The summed E-state index contributed by atoms with van der Waals surface area (Å²) in [5, 5.41) is 9.79. The van der Waals surface area contributed by atoms with E-state index in [1.165, 1.54) is 5.56 Å². The molecule has 0 radical (unpaired) electrons. The number of aliphatic carboxylic acids is 1. The molecule has 0 saturated carbocycles. The summed E-state index contributed by atoms with van der Waals surface area (Å²) >= 11 is 5.82. The summed E-state index contributed by atoms with van der Waals surface area (Å²) in [5.41, 5.74) is 1.20. The van der Waals surface area contributed by atoms with Gasteiger partial charge in [0.2, 0.25) is 0 Å². The topological polar surface area (TPSA) is 40.5 Å². The fourth-order valence-corrected chi connectivity index (χ4v) is 2.42. The van der Waals surface area contributed by atoms with Gasteiger partial charge in [0.05, 0.1) is 0 Å². The van der Waals surface area contributed by atoms with Gasteiger partial charge in [-0.2, -0.15) is 0 Å². The highest BCUT2D eigenvalue weighted by atomic mass is 35.5. The van der Waals surface area contributed by atoms with Crippen molar-refractivity contribution in [2.45, 2.75) is 25.3 Å². The van der Waals surface area contributed by atoms with E-state index in [2.05, 4.69) is 4.90 Å². The van der Waals surface area contributed by atoms with Crippen LogP contribution < -0.4 is 0 Å². The van der Waals surface area contributed by atoms with Crippen LogP contribution in [0.15, 0.2) is 24.3 Å². The predicted molar refractivity (Wildman–Crippen MR) is 67.4 cm³/mol. The van der Waals surface area contributed by atoms with E-state index in [-0.39, 0.29) is 6.04 Å². The zero-order chi connectivity index (χ0) is 12.3. The quantitative estimate of drug-likeness (QED) is 0.896. The lowest BCUT2D eigenvalue weighted by atomic mass is 10.1. The fourth-order valence-electron chi connectivity index (χ4n) is 2.30. The molecule has 1 N–H and O–H groups in total. The molecule has 1 heterocycles. The Morgan fingerprint density at radius 3 is 2.76 bits per heavy atom. The van der Waals surface area contributed by atoms with Gasteiger partial charge < -0.3 is 5.11 Å². The van der Waals surface area contributed by atoms with Crippen molar-refractivity contribution in [3.8, 4) is 0 Å². The average Bonchev–Trinajstić information content (AvgIpc) is 2.76. The Labute approximate surface area is 106 Å². The highest BCUT2D eigenvalue weighted by molar-refractivity contribution is 6.30. The summed E-state index contributed by atoms with van der Waals surface area (Å²) in [5.74, 6) is -0.696. The van der Waals surface area contributed by atoms with E-state index in [4.69, 9.17) is 16.7 Å². The van der Waals surface area contributed by atoms with Gasteiger partial charge in [0.25, 0.3) is 0 Å². The molecule has 0 aliphatic carbocycles. The van der Waals surface area contributed by atoms with Crippen molar-refractivity contribution in [3.05, 3.63) is 34.9 Å². The summed E-state index contributed by atoms with van der Waals surface area (Å²) in [6.07, 6.45) is 2.63. The lowest BCUT2D eigenvalue weighted by Gasteiger charge is -2.20. The number of benzene rings is 1. The van der Waals surface area contributed by atoms with Crippen LogP contribution in [0.5, 0.6) is 0 Å². The highest BCUT2D eigenvalue weighted by Crippen LogP contribution is 2.18. The molecule has 1 fully saturated rings. The SMILES string of the molecule is O=C(O)[C@@H]1CCCN1CCc1ccc(Cl)cc1. The van der Waals surface area contributed by atoms with Crippen molar-refractivity contribution < 1.29 is 9.90 Å². The van der Waals surface area contributed by atoms with E-state index in [1.807, 2.05) is 24.3 Å². The molecular formula is C13H16ClNO2. The molecule has 0 bridgehead atoms. The van der Waals surface area contributed by atoms with Crippen LogP contribution in [0.2, 0.25) is 5.02 Å². The van der Waals surface area contributed by atoms with Gasteiger partial charge in [-0.05, 0) is 43.5 Å². The molecule has 0 amide bonds. The van der Waals surface area contributed by atoms with Gasteiger partial charge >= 0.3 is 5.97 Å². The van der Waals surface area contributed by atoms with Crippen LogP contribution in [-0.2, 0) is 11.2 Å². The maximum Gasteiger partial charge on any atom is 0.320 e. The number of hydrogen-bond donors (Lipinski definition) is 1. The monoisotopic (exact) mass is 253 g/mol. The van der Waals surface area contributed by atoms with Gasteiger partial charge in [-0.15, -0.1) is 0 Å².